The zero-order valence-corrected chi connectivity index (χ0v) is 15.4. The monoisotopic (exact) mass is 420 g/mol. The van der Waals surface area contributed by atoms with Gasteiger partial charge in [0.05, 0.1) is 0 Å². The summed E-state index contributed by atoms with van der Waals surface area (Å²) in [5, 5.41) is 0. The third-order valence-corrected chi connectivity index (χ3v) is 0. The van der Waals surface area contributed by atoms with Gasteiger partial charge in [0.1, 0.15) is 0 Å². The van der Waals surface area contributed by atoms with E-state index < -0.39 is 40.1 Å². The van der Waals surface area contributed by atoms with E-state index in [0.717, 1.165) is 0 Å². The van der Waals surface area contributed by atoms with Gasteiger partial charge in [-0.25, -0.2) is 0 Å². The molecule has 0 spiro atoms. The van der Waals surface area contributed by atoms with Gasteiger partial charge in [0.15, 0.2) is 0 Å². The molecule has 0 rings (SSSR count). The zero-order valence-electron chi connectivity index (χ0n) is 6.32. The minimum absolute atomic E-state index is 0. The van der Waals surface area contributed by atoms with Gasteiger partial charge >= 0.3 is 126 Å². The first kappa shape index (κ1) is 24.3. The molecule has 0 aliphatic rings. The maximum absolute atomic E-state index is 8.97. The van der Waals surface area contributed by atoms with E-state index in [0.29, 0.717) is 0 Å². The van der Waals surface area contributed by atoms with Crippen LogP contribution in [0.25, 0.3) is 0 Å². The van der Waals surface area contributed by atoms with Crippen LogP contribution in [0, 0.1) is 0 Å². The predicted octanol–water partition coefficient (Wildman–Crippen LogP) is -11.6. The molecule has 12 heavy (non-hydrogen) atoms. The molecule has 0 aliphatic heterocycles. The third-order valence-electron chi connectivity index (χ3n) is 0. The Hall–Kier alpha value is 3.00. The summed E-state index contributed by atoms with van der Waals surface area (Å²) in [5.74, 6) is 0. The van der Waals surface area contributed by atoms with Crippen molar-refractivity contribution in [3.8, 4) is 0 Å². The van der Waals surface area contributed by atoms with Crippen LogP contribution in [0.2, 0.25) is 0 Å². The fourth-order valence-corrected chi connectivity index (χ4v) is 0. The Morgan fingerprint density at radius 1 is 0.833 bits per heavy atom. The van der Waals surface area contributed by atoms with E-state index in [9.17, 15) is 0 Å². The molecule has 0 aromatic carbocycles. The van der Waals surface area contributed by atoms with Crippen molar-refractivity contribution in [3.05, 3.63) is 0 Å². The van der Waals surface area contributed by atoms with Crippen molar-refractivity contribution >= 4 is 40.1 Å². The maximum atomic E-state index is 8.97. The molecule has 0 unspecified atom stereocenters. The fraction of sp³-hybridized carbons (Fsp3) is 0. The van der Waals surface area contributed by atoms with Crippen LogP contribution < -0.4 is 65.9 Å². The van der Waals surface area contributed by atoms with Crippen molar-refractivity contribution in [3.63, 3.8) is 0 Å². The summed E-state index contributed by atoms with van der Waals surface area (Å²) in [6.07, 6.45) is 0. The molecule has 0 atom stereocenters. The second-order valence-corrected chi connectivity index (χ2v) is 6.59. The van der Waals surface area contributed by atoms with Gasteiger partial charge in [-0.15, -0.1) is 0 Å². The molecule has 0 fully saturated rings. The first-order chi connectivity index (χ1) is 4.00. The molecule has 12 heteroatoms. The summed E-state index contributed by atoms with van der Waals surface area (Å²) in [6, 6.07) is 0. The molecule has 0 amide bonds. The van der Waals surface area contributed by atoms with Crippen molar-refractivity contribution in [2.45, 2.75) is 0 Å². The Labute approximate surface area is 123 Å². The second-order valence-electron chi connectivity index (χ2n) is 0.982. The molecule has 64 valence electrons. The number of hydrogen-bond acceptors (Lipinski definition) is 4. The molecule has 0 aromatic rings. The van der Waals surface area contributed by atoms with Gasteiger partial charge in [-0.2, -0.15) is 0 Å². The minimum atomic E-state index is -5.85. The summed E-state index contributed by atoms with van der Waals surface area (Å²) in [7, 11) is 0. The fourth-order valence-electron chi connectivity index (χ4n) is 0. The van der Waals surface area contributed by atoms with E-state index in [1.807, 2.05) is 0 Å². The topological polar surface area (TPSA) is 161 Å². The molecule has 0 saturated heterocycles. The van der Waals surface area contributed by atoms with E-state index in [-0.39, 0.29) is 59.1 Å². The van der Waals surface area contributed by atoms with Crippen molar-refractivity contribution in [2.24, 2.45) is 0 Å². The summed E-state index contributed by atoms with van der Waals surface area (Å²) in [6.45, 7) is 0. The van der Waals surface area contributed by atoms with E-state index in [4.69, 9.17) is 26.3 Å². The van der Waals surface area contributed by atoms with Gasteiger partial charge in [-0.05, 0) is 0 Å². The van der Waals surface area contributed by atoms with Crippen LogP contribution in [-0.2, 0) is 6.03 Å². The Kier molecular flexibility index (Phi) is 21.3. The molecule has 0 radical (unpaired) electrons. The first-order valence-corrected chi connectivity index (χ1v) is 10.3. The Morgan fingerprint density at radius 3 is 0.833 bits per heavy atom. The predicted molar refractivity (Wildman–Crippen MR) is 21.8 cm³/mol. The standard InChI is InChI=1S/2Na.4H2O.4O.2Sb/h;;4*1H2;;;;;;/q2*+1;;;;;;;2*-1;+1;+3/p-4. The van der Waals surface area contributed by atoms with Gasteiger partial charge in [-0.3, -0.25) is 0 Å². The van der Waals surface area contributed by atoms with Crippen LogP contribution in [0.3, 0.4) is 0 Å². The summed E-state index contributed by atoms with van der Waals surface area (Å²) < 4.78 is 64.1. The summed E-state index contributed by atoms with van der Waals surface area (Å²) in [4.78, 5) is 0. The van der Waals surface area contributed by atoms with Crippen LogP contribution in [-0.4, -0.2) is 53.7 Å². The summed E-state index contributed by atoms with van der Waals surface area (Å²) in [5.41, 5.74) is 0. The van der Waals surface area contributed by atoms with E-state index >= 15 is 0 Å². The van der Waals surface area contributed by atoms with E-state index in [1.165, 1.54) is 0 Å². The number of rotatable bonds is 0. The van der Waals surface area contributed by atoms with E-state index in [1.54, 1.807) is 0 Å². The SMILES string of the molecule is [Na+].[Na+].[O]=[Sb]([O-])([O-])[OH].[O]=[Sb]([OH])([OH])[OH]. The van der Waals surface area contributed by atoms with Gasteiger partial charge in [0, 0.05) is 0 Å². The molecule has 0 bridgehead atoms. The van der Waals surface area contributed by atoms with Crippen LogP contribution >= 0.6 is 0 Å². The van der Waals surface area contributed by atoms with E-state index in [2.05, 4.69) is 0 Å². The molecular formula is H4Na2O8Sb2. The molecule has 0 heterocycles. The number of hydrogen-bond donors (Lipinski definition) is 4. The zero-order chi connectivity index (χ0) is 9.00. The van der Waals surface area contributed by atoms with Gasteiger partial charge in [-0.1, -0.05) is 0 Å². The quantitative estimate of drug-likeness (QED) is 0.280. The normalized spacial score (nSPS) is 9.83. The average molecular weight is 422 g/mol. The molecule has 4 N–H and O–H groups in total. The van der Waals surface area contributed by atoms with Crippen LogP contribution in [0.1, 0.15) is 0 Å². The van der Waals surface area contributed by atoms with Crippen LogP contribution in [0.4, 0.5) is 0 Å². The van der Waals surface area contributed by atoms with Crippen LogP contribution in [0.15, 0.2) is 0 Å². The van der Waals surface area contributed by atoms with Crippen LogP contribution in [0.5, 0.6) is 0 Å². The van der Waals surface area contributed by atoms with Gasteiger partial charge in [0.2, 0.25) is 0 Å². The van der Waals surface area contributed by atoms with Crippen molar-refractivity contribution in [1.82, 2.24) is 0 Å². The average Bonchev–Trinajstić information content (AvgIpc) is 1.12. The third kappa shape index (κ3) is 208. The Morgan fingerprint density at radius 2 is 0.833 bits per heavy atom. The molecule has 8 nitrogen and oxygen atoms in total. The van der Waals surface area contributed by atoms with Crippen molar-refractivity contribution in [2.75, 3.05) is 0 Å². The summed E-state index contributed by atoms with van der Waals surface area (Å²) >= 11 is -11.2. The Balaban J connectivity index is -0.0000000457. The van der Waals surface area contributed by atoms with Gasteiger partial charge in [0.25, 0.3) is 0 Å². The molecule has 0 saturated carbocycles. The second kappa shape index (κ2) is 10.5. The van der Waals surface area contributed by atoms with Crippen molar-refractivity contribution < 1.29 is 85.5 Å². The molecule has 0 aromatic heterocycles. The Bertz CT molecular complexity index is 127. The van der Waals surface area contributed by atoms with Crippen molar-refractivity contribution in [1.29, 1.82) is 0 Å². The van der Waals surface area contributed by atoms with Gasteiger partial charge < -0.3 is 0 Å². The molecular weight excluding hydrogens is 417 g/mol. The molecule has 0 aliphatic carbocycles. The first-order valence-electron chi connectivity index (χ1n) is 1.53.